The summed E-state index contributed by atoms with van der Waals surface area (Å²) in [6.45, 7) is 8.11. The predicted molar refractivity (Wildman–Crippen MR) is 82.6 cm³/mol. The average molecular weight is 381 g/mol. The molecule has 1 N–H and O–H groups in total. The Labute approximate surface area is 134 Å². The van der Waals surface area contributed by atoms with Crippen LogP contribution in [0.1, 0.15) is 26.5 Å². The predicted octanol–water partition coefficient (Wildman–Crippen LogP) is 1.95. The Morgan fingerprint density at radius 3 is 2.81 bits per heavy atom. The monoisotopic (exact) mass is 380 g/mol. The number of ether oxygens (including phenoxy) is 1. The van der Waals surface area contributed by atoms with Crippen molar-refractivity contribution in [2.75, 3.05) is 26.2 Å². The summed E-state index contributed by atoms with van der Waals surface area (Å²) in [6.07, 6.45) is 0. The van der Waals surface area contributed by atoms with Gasteiger partial charge < -0.3 is 14.5 Å². The molecule has 1 saturated heterocycles. The van der Waals surface area contributed by atoms with Crippen LogP contribution in [0.4, 0.5) is 0 Å². The van der Waals surface area contributed by atoms with Gasteiger partial charge in [-0.1, -0.05) is 6.92 Å². The van der Waals surface area contributed by atoms with Crippen molar-refractivity contribution in [2.24, 2.45) is 0 Å². The van der Waals surface area contributed by atoms with Gasteiger partial charge in [-0.15, -0.1) is 0 Å². The van der Waals surface area contributed by atoms with Crippen LogP contribution in [0.3, 0.4) is 0 Å². The van der Waals surface area contributed by atoms with Crippen LogP contribution in [-0.2, 0) is 21.3 Å². The fourth-order valence-corrected chi connectivity index (χ4v) is 4.76. The van der Waals surface area contributed by atoms with E-state index < -0.39 is 15.6 Å². The van der Waals surface area contributed by atoms with Gasteiger partial charge in [0, 0.05) is 19.2 Å². The summed E-state index contributed by atoms with van der Waals surface area (Å²) in [5.41, 5.74) is -0.478. The molecule has 21 heavy (non-hydrogen) atoms. The van der Waals surface area contributed by atoms with Gasteiger partial charge in [0.25, 0.3) is 0 Å². The minimum Gasteiger partial charge on any atom is -0.452 e. The lowest BCUT2D eigenvalue weighted by Gasteiger charge is -2.37. The molecule has 1 aliphatic rings. The zero-order chi connectivity index (χ0) is 15.7. The fourth-order valence-electron chi connectivity index (χ4n) is 2.23. The topological polar surface area (TPSA) is 71.8 Å². The Balaban J connectivity index is 2.25. The molecular formula is C13H21BrN2O4S. The molecule has 8 heteroatoms. The third-order valence-corrected chi connectivity index (χ3v) is 5.97. The number of nitrogens with zero attached hydrogens (tertiary/aromatic N) is 1. The molecule has 0 unspecified atom stereocenters. The summed E-state index contributed by atoms with van der Waals surface area (Å²) in [4.78, 5) is 0.174. The standard InChI is InChI=1S/C13H21BrN2O4S/c1-4-15-8-10-7-11(12(14)20-10)21(17,18)16-5-6-19-13(2,3)9-16/h7,15H,4-6,8-9H2,1-3H3. The summed E-state index contributed by atoms with van der Waals surface area (Å²) >= 11 is 3.21. The van der Waals surface area contributed by atoms with Crippen LogP contribution in [-0.4, -0.2) is 44.6 Å². The molecule has 0 bridgehead atoms. The van der Waals surface area contributed by atoms with Crippen LogP contribution < -0.4 is 5.32 Å². The number of halogens is 1. The van der Waals surface area contributed by atoms with E-state index in [0.717, 1.165) is 6.54 Å². The van der Waals surface area contributed by atoms with E-state index in [4.69, 9.17) is 9.15 Å². The van der Waals surface area contributed by atoms with Gasteiger partial charge in [0.15, 0.2) is 4.67 Å². The highest BCUT2D eigenvalue weighted by Gasteiger charge is 2.36. The number of sulfonamides is 1. The molecule has 1 aromatic rings. The minimum absolute atomic E-state index is 0.174. The maximum absolute atomic E-state index is 12.7. The van der Waals surface area contributed by atoms with Crippen LogP contribution in [0, 0.1) is 0 Å². The van der Waals surface area contributed by atoms with Crippen molar-refractivity contribution in [3.63, 3.8) is 0 Å². The molecule has 2 rings (SSSR count). The summed E-state index contributed by atoms with van der Waals surface area (Å²) in [6, 6.07) is 1.57. The summed E-state index contributed by atoms with van der Waals surface area (Å²) in [5, 5.41) is 3.11. The van der Waals surface area contributed by atoms with Gasteiger partial charge in [-0.05, 0) is 36.3 Å². The van der Waals surface area contributed by atoms with Crippen LogP contribution >= 0.6 is 15.9 Å². The van der Waals surface area contributed by atoms with Crippen molar-refractivity contribution in [1.29, 1.82) is 0 Å². The van der Waals surface area contributed by atoms with E-state index in [1.54, 1.807) is 6.07 Å². The van der Waals surface area contributed by atoms with Crippen LogP contribution in [0.2, 0.25) is 0 Å². The molecule has 6 nitrogen and oxygen atoms in total. The van der Waals surface area contributed by atoms with Crippen molar-refractivity contribution in [3.05, 3.63) is 16.5 Å². The molecular weight excluding hydrogens is 360 g/mol. The highest BCUT2D eigenvalue weighted by atomic mass is 79.9. The molecule has 0 aliphatic carbocycles. The first kappa shape index (κ1) is 17.0. The van der Waals surface area contributed by atoms with Crippen molar-refractivity contribution >= 4 is 26.0 Å². The lowest BCUT2D eigenvalue weighted by molar-refractivity contribution is -0.0640. The molecule has 1 aromatic heterocycles. The second kappa shape index (κ2) is 6.37. The van der Waals surface area contributed by atoms with Crippen molar-refractivity contribution < 1.29 is 17.6 Å². The maximum atomic E-state index is 12.7. The van der Waals surface area contributed by atoms with E-state index in [0.29, 0.717) is 32.0 Å². The summed E-state index contributed by atoms with van der Waals surface area (Å²) < 4.78 is 38.2. The second-order valence-corrected chi connectivity index (χ2v) is 8.20. The van der Waals surface area contributed by atoms with Gasteiger partial charge in [0.05, 0.1) is 18.8 Å². The molecule has 0 atom stereocenters. The number of furan rings is 1. The summed E-state index contributed by atoms with van der Waals surface area (Å²) in [7, 11) is -3.58. The average Bonchev–Trinajstić information content (AvgIpc) is 2.77. The Morgan fingerprint density at radius 2 is 2.19 bits per heavy atom. The zero-order valence-corrected chi connectivity index (χ0v) is 14.9. The van der Waals surface area contributed by atoms with Crippen molar-refractivity contribution in [3.8, 4) is 0 Å². The van der Waals surface area contributed by atoms with Crippen LogP contribution in [0.25, 0.3) is 0 Å². The van der Waals surface area contributed by atoms with Gasteiger partial charge >= 0.3 is 0 Å². The lowest BCUT2D eigenvalue weighted by Crippen LogP contribution is -2.50. The number of nitrogens with one attached hydrogen (secondary N) is 1. The van der Waals surface area contributed by atoms with Crippen molar-refractivity contribution in [2.45, 2.75) is 37.8 Å². The molecule has 0 saturated carbocycles. The Morgan fingerprint density at radius 1 is 1.48 bits per heavy atom. The Bertz CT molecular complexity index is 597. The quantitative estimate of drug-likeness (QED) is 0.844. The molecule has 1 fully saturated rings. The Kier molecular flexibility index (Phi) is 5.15. The zero-order valence-electron chi connectivity index (χ0n) is 12.5. The third-order valence-electron chi connectivity index (χ3n) is 3.26. The normalized spacial score (nSPS) is 19.8. The maximum Gasteiger partial charge on any atom is 0.247 e. The first-order chi connectivity index (χ1) is 9.76. The molecule has 1 aliphatic heterocycles. The lowest BCUT2D eigenvalue weighted by atomic mass is 10.1. The fraction of sp³-hybridized carbons (Fsp3) is 0.692. The van der Waals surface area contributed by atoms with Gasteiger partial charge in [0.2, 0.25) is 10.0 Å². The number of hydrogen-bond acceptors (Lipinski definition) is 5. The van der Waals surface area contributed by atoms with Gasteiger partial charge in [0.1, 0.15) is 10.7 Å². The van der Waals surface area contributed by atoms with E-state index in [2.05, 4.69) is 21.2 Å². The third kappa shape index (κ3) is 3.87. The first-order valence-electron chi connectivity index (χ1n) is 6.89. The van der Waals surface area contributed by atoms with Gasteiger partial charge in [-0.2, -0.15) is 4.31 Å². The Hall–Kier alpha value is -0.410. The first-order valence-corrected chi connectivity index (χ1v) is 9.12. The minimum atomic E-state index is -3.58. The summed E-state index contributed by atoms with van der Waals surface area (Å²) in [5.74, 6) is 0.592. The molecule has 0 radical (unpaired) electrons. The second-order valence-electron chi connectivity index (χ2n) is 5.58. The molecule has 0 spiro atoms. The smallest absolute Gasteiger partial charge is 0.247 e. The molecule has 120 valence electrons. The van der Waals surface area contributed by atoms with E-state index >= 15 is 0 Å². The van der Waals surface area contributed by atoms with Gasteiger partial charge in [-0.25, -0.2) is 8.42 Å². The van der Waals surface area contributed by atoms with E-state index in [1.807, 2.05) is 20.8 Å². The highest BCUT2D eigenvalue weighted by Crippen LogP contribution is 2.31. The SMILES string of the molecule is CCNCc1cc(S(=O)(=O)N2CCOC(C)(C)C2)c(Br)o1. The number of hydrogen-bond donors (Lipinski definition) is 1. The van der Waals surface area contributed by atoms with Crippen LogP contribution in [0.15, 0.2) is 20.0 Å². The van der Waals surface area contributed by atoms with Crippen molar-refractivity contribution in [1.82, 2.24) is 9.62 Å². The molecule has 0 aromatic carbocycles. The highest BCUT2D eigenvalue weighted by molar-refractivity contribution is 9.10. The molecule has 0 amide bonds. The molecule has 2 heterocycles. The van der Waals surface area contributed by atoms with E-state index in [9.17, 15) is 8.42 Å². The largest absolute Gasteiger partial charge is 0.452 e. The van der Waals surface area contributed by atoms with E-state index in [1.165, 1.54) is 4.31 Å². The number of morpholine rings is 1. The van der Waals surface area contributed by atoms with Crippen LogP contribution in [0.5, 0.6) is 0 Å². The van der Waals surface area contributed by atoms with E-state index in [-0.39, 0.29) is 9.56 Å². The number of rotatable bonds is 5. The van der Waals surface area contributed by atoms with Gasteiger partial charge in [-0.3, -0.25) is 0 Å².